The van der Waals surface area contributed by atoms with Crippen LogP contribution >= 0.6 is 11.6 Å². The van der Waals surface area contributed by atoms with E-state index in [4.69, 9.17) is 22.9 Å². The molecule has 6 aliphatic rings. The number of halogens is 1. The zero-order valence-electron chi connectivity index (χ0n) is 33.3. The molecule has 3 aromatic carbocycles. The summed E-state index contributed by atoms with van der Waals surface area (Å²) in [5.41, 5.74) is 2.93. The van der Waals surface area contributed by atoms with Crippen LogP contribution in [0.15, 0.2) is 54.6 Å². The van der Waals surface area contributed by atoms with Gasteiger partial charge in [-0.15, -0.1) is 0 Å². The molecule has 1 N–H and O–H groups in total. The molecule has 0 radical (unpaired) electrons. The minimum atomic E-state index is -1.00. The zero-order valence-corrected chi connectivity index (χ0v) is 34.0. The van der Waals surface area contributed by atoms with Crippen molar-refractivity contribution in [3.63, 3.8) is 0 Å². The number of hydrogen-bond donors (Lipinski definition) is 1. The molecule has 1 saturated carbocycles. The summed E-state index contributed by atoms with van der Waals surface area (Å²) in [6.45, 7) is 20.1. The number of carbonyl (C=O) groups is 6. The Balaban J connectivity index is 0.789. The lowest BCUT2D eigenvalue weighted by Gasteiger charge is -2.65. The number of nitrogens with zero attached hydrogens (tertiary/aromatic N) is 6. The van der Waals surface area contributed by atoms with Gasteiger partial charge in [-0.05, 0) is 60.5 Å². The van der Waals surface area contributed by atoms with Crippen molar-refractivity contribution in [1.29, 1.82) is 0 Å². The van der Waals surface area contributed by atoms with Gasteiger partial charge < -0.3 is 19.4 Å². The highest BCUT2D eigenvalue weighted by Crippen LogP contribution is 2.59. The highest BCUT2D eigenvalue weighted by molar-refractivity contribution is 6.33. The summed E-state index contributed by atoms with van der Waals surface area (Å²) in [6, 6.07) is 14.8. The molecule has 59 heavy (non-hydrogen) atoms. The fraction of sp³-hybridized carbons (Fsp3) is 0.432. The van der Waals surface area contributed by atoms with Crippen LogP contribution in [0.2, 0.25) is 5.02 Å². The fourth-order valence-corrected chi connectivity index (χ4v) is 10.9. The molecule has 5 heterocycles. The van der Waals surface area contributed by atoms with Gasteiger partial charge in [-0.3, -0.25) is 43.9 Å². The molecule has 4 fully saturated rings. The summed E-state index contributed by atoms with van der Waals surface area (Å²) in [4.78, 5) is 90.9. The Morgan fingerprint density at radius 2 is 1.54 bits per heavy atom. The first kappa shape index (κ1) is 38.7. The maximum Gasteiger partial charge on any atom is 0.262 e. The topological polar surface area (TPSA) is 144 Å². The summed E-state index contributed by atoms with van der Waals surface area (Å²) in [7, 11) is 0. The van der Waals surface area contributed by atoms with Gasteiger partial charge >= 0.3 is 0 Å². The molecule has 14 nitrogen and oxygen atoms in total. The number of anilines is 1. The lowest BCUT2D eigenvalue weighted by Crippen LogP contribution is -2.74. The number of piperidine rings is 1. The Morgan fingerprint density at radius 1 is 0.847 bits per heavy atom. The van der Waals surface area contributed by atoms with Gasteiger partial charge in [0.25, 0.3) is 23.6 Å². The van der Waals surface area contributed by atoms with Gasteiger partial charge in [-0.25, -0.2) is 4.85 Å². The van der Waals surface area contributed by atoms with Crippen molar-refractivity contribution in [2.75, 3.05) is 44.2 Å². The van der Waals surface area contributed by atoms with Crippen LogP contribution in [-0.4, -0.2) is 119 Å². The monoisotopic (exact) mass is 817 g/mol. The van der Waals surface area contributed by atoms with Crippen LogP contribution in [0, 0.1) is 17.4 Å². The van der Waals surface area contributed by atoms with Crippen molar-refractivity contribution in [2.45, 2.75) is 71.3 Å². The van der Waals surface area contributed by atoms with E-state index in [0.717, 1.165) is 29.2 Å². The summed E-state index contributed by atoms with van der Waals surface area (Å²) in [5.74, 6) is -1.62. The Kier molecular flexibility index (Phi) is 9.13. The third-order valence-corrected chi connectivity index (χ3v) is 13.6. The van der Waals surface area contributed by atoms with E-state index in [1.54, 1.807) is 42.5 Å². The SMILES string of the molecule is [C-]#[N+]c1ccc(OC2C(C)(C)C(N3Cc4cc(C(=O)N5CCN(C6CN(c7ccc8c(c7)C(=O)N(C7CCC(=O)NC7=O)C8=O)C6)CC5)ccc4C3=O)C2(C)C)cc1Cl. The quantitative estimate of drug-likeness (QED) is 0.263. The number of fused-ring (bicyclic) bond motifs is 2. The third kappa shape index (κ3) is 6.16. The van der Waals surface area contributed by atoms with E-state index in [1.807, 2.05) is 21.9 Å². The lowest BCUT2D eigenvalue weighted by molar-refractivity contribution is -0.199. The molecule has 1 unspecified atom stereocenters. The molecule has 0 spiro atoms. The molecule has 0 bridgehead atoms. The van der Waals surface area contributed by atoms with Gasteiger partial charge in [0.1, 0.15) is 17.9 Å². The van der Waals surface area contributed by atoms with Crippen LogP contribution in [0.25, 0.3) is 4.85 Å². The van der Waals surface area contributed by atoms with Crippen molar-refractivity contribution in [1.82, 2.24) is 24.9 Å². The standard InChI is InChI=1S/C44H44ClN7O7/c1-43(2)41(44(3,4)42(43)59-28-8-11-33(46-5)32(45)20-28)51-21-25-18-24(6-9-29(25)38(51)56)37(55)49-16-14-48(15-17-49)27-22-50(23-27)26-7-10-30-31(19-26)40(58)52(39(30)57)34-12-13-35(53)47-36(34)54/h6-11,18-20,27,34,41-42H,12-17,21-23H2,1-4H3,(H,47,53,54). The van der Waals surface area contributed by atoms with Gasteiger partial charge in [0.05, 0.1) is 22.7 Å². The van der Waals surface area contributed by atoms with E-state index in [1.165, 1.54) is 0 Å². The molecule has 5 aliphatic heterocycles. The van der Waals surface area contributed by atoms with Crippen LogP contribution in [0.1, 0.15) is 87.5 Å². The third-order valence-electron chi connectivity index (χ3n) is 13.3. The normalized spacial score (nSPS) is 24.9. The lowest BCUT2D eigenvalue weighted by atomic mass is 9.49. The number of imide groups is 2. The van der Waals surface area contributed by atoms with Gasteiger partial charge in [0.15, 0.2) is 0 Å². The molecule has 15 heteroatoms. The number of piperazine rings is 1. The number of benzene rings is 3. The number of amides is 6. The Hall–Kier alpha value is -5.78. The van der Waals surface area contributed by atoms with Crippen molar-refractivity contribution >= 4 is 58.4 Å². The minimum Gasteiger partial charge on any atom is -0.489 e. The first-order valence-electron chi connectivity index (χ1n) is 20.0. The Bertz CT molecular complexity index is 2400. The largest absolute Gasteiger partial charge is 0.489 e. The molecule has 3 saturated heterocycles. The van der Waals surface area contributed by atoms with Gasteiger partial charge in [-0.1, -0.05) is 45.4 Å². The van der Waals surface area contributed by atoms with Crippen LogP contribution in [0.5, 0.6) is 5.75 Å². The highest BCUT2D eigenvalue weighted by atomic mass is 35.5. The second-order valence-corrected chi connectivity index (χ2v) is 18.0. The van der Waals surface area contributed by atoms with E-state index in [0.29, 0.717) is 60.3 Å². The molecule has 0 aromatic heterocycles. The van der Waals surface area contributed by atoms with Crippen molar-refractivity contribution < 1.29 is 33.5 Å². The molecule has 3 aromatic rings. The van der Waals surface area contributed by atoms with Crippen LogP contribution in [0.4, 0.5) is 11.4 Å². The van der Waals surface area contributed by atoms with Crippen LogP contribution < -0.4 is 15.0 Å². The minimum absolute atomic E-state index is 0.0506. The van der Waals surface area contributed by atoms with Gasteiger partial charge in [-0.2, -0.15) is 0 Å². The molecular weight excluding hydrogens is 774 g/mol. The number of hydrogen-bond acceptors (Lipinski definition) is 9. The number of nitrogens with one attached hydrogen (secondary N) is 1. The molecular formula is C44H44ClN7O7. The maximum atomic E-state index is 13.9. The predicted octanol–water partition coefficient (Wildman–Crippen LogP) is 4.78. The van der Waals surface area contributed by atoms with E-state index in [2.05, 4.69) is 47.7 Å². The fourth-order valence-electron chi connectivity index (χ4n) is 10.7. The number of rotatable bonds is 7. The number of carbonyl (C=O) groups excluding carboxylic acids is 6. The van der Waals surface area contributed by atoms with E-state index in [-0.39, 0.29) is 54.0 Å². The molecule has 6 amide bonds. The maximum absolute atomic E-state index is 13.9. The number of ether oxygens (including phenoxy) is 1. The van der Waals surface area contributed by atoms with Crippen molar-refractivity contribution in [3.05, 3.63) is 98.9 Å². The summed E-state index contributed by atoms with van der Waals surface area (Å²) in [6.07, 6.45) is -0.0414. The van der Waals surface area contributed by atoms with Crippen molar-refractivity contribution in [2.24, 2.45) is 10.8 Å². The van der Waals surface area contributed by atoms with Gasteiger partial charge in [0.2, 0.25) is 17.5 Å². The smallest absolute Gasteiger partial charge is 0.262 e. The Labute approximate surface area is 346 Å². The van der Waals surface area contributed by atoms with Crippen LogP contribution in [0.3, 0.4) is 0 Å². The molecule has 9 rings (SSSR count). The average Bonchev–Trinajstić information content (AvgIpc) is 3.63. The molecule has 1 aliphatic carbocycles. The second-order valence-electron chi connectivity index (χ2n) is 17.6. The highest BCUT2D eigenvalue weighted by Gasteiger charge is 2.67. The van der Waals surface area contributed by atoms with Gasteiger partial charge in [0, 0.05) is 92.0 Å². The molecule has 1 atom stereocenters. The summed E-state index contributed by atoms with van der Waals surface area (Å²) < 4.78 is 6.47. The first-order chi connectivity index (χ1) is 28.1. The van der Waals surface area contributed by atoms with E-state index >= 15 is 0 Å². The zero-order chi connectivity index (χ0) is 41.7. The summed E-state index contributed by atoms with van der Waals surface area (Å²) >= 11 is 6.29. The molecule has 304 valence electrons. The summed E-state index contributed by atoms with van der Waals surface area (Å²) in [5, 5.41) is 2.56. The van der Waals surface area contributed by atoms with Crippen LogP contribution in [-0.2, 0) is 16.1 Å². The van der Waals surface area contributed by atoms with Crippen molar-refractivity contribution in [3.8, 4) is 5.75 Å². The van der Waals surface area contributed by atoms with E-state index in [9.17, 15) is 28.8 Å². The Morgan fingerprint density at radius 3 is 2.22 bits per heavy atom. The predicted molar refractivity (Wildman–Crippen MR) is 216 cm³/mol. The average molecular weight is 818 g/mol. The van der Waals surface area contributed by atoms with E-state index < -0.39 is 40.5 Å². The first-order valence-corrected chi connectivity index (χ1v) is 20.4. The second kappa shape index (κ2) is 13.9.